The highest BCUT2D eigenvalue weighted by atomic mass is 19.1. The molecule has 1 aromatic carbocycles. The lowest BCUT2D eigenvalue weighted by atomic mass is 10.1. The molecule has 0 amide bonds. The highest BCUT2D eigenvalue weighted by molar-refractivity contribution is 5.80. The van der Waals surface area contributed by atoms with Crippen molar-refractivity contribution in [2.24, 2.45) is 4.99 Å². The van der Waals surface area contributed by atoms with Crippen molar-refractivity contribution in [3.8, 4) is 0 Å². The van der Waals surface area contributed by atoms with E-state index in [0.717, 1.165) is 18.7 Å². The Bertz CT molecular complexity index is 466. The Morgan fingerprint density at radius 1 is 1.38 bits per heavy atom. The second-order valence-electron chi connectivity index (χ2n) is 4.75. The molecule has 1 atom stereocenters. The van der Waals surface area contributed by atoms with Gasteiger partial charge in [0, 0.05) is 26.2 Å². The summed E-state index contributed by atoms with van der Waals surface area (Å²) in [4.78, 5) is 4.35. The zero-order chi connectivity index (χ0) is 15.7. The van der Waals surface area contributed by atoms with E-state index in [4.69, 9.17) is 4.74 Å². The third-order valence-electron chi connectivity index (χ3n) is 2.80. The molecule has 1 aromatic rings. The van der Waals surface area contributed by atoms with Crippen LogP contribution in [0.15, 0.2) is 23.2 Å². The Morgan fingerprint density at radius 3 is 2.81 bits per heavy atom. The quantitative estimate of drug-likeness (QED) is 0.599. The van der Waals surface area contributed by atoms with E-state index in [9.17, 15) is 8.78 Å². The fraction of sp³-hybridized carbons (Fsp3) is 0.533. The van der Waals surface area contributed by atoms with Gasteiger partial charge >= 0.3 is 0 Å². The third-order valence-corrected chi connectivity index (χ3v) is 2.80. The number of methoxy groups -OCH3 is 1. The summed E-state index contributed by atoms with van der Waals surface area (Å²) in [7, 11) is 1.63. The summed E-state index contributed by atoms with van der Waals surface area (Å²) in [6.45, 7) is 5.59. The molecular formula is C15H23F2N3O. The van der Waals surface area contributed by atoms with Crippen LogP contribution in [0.25, 0.3) is 0 Å². The van der Waals surface area contributed by atoms with E-state index in [1.54, 1.807) is 7.11 Å². The molecular weight excluding hydrogens is 276 g/mol. The monoisotopic (exact) mass is 299 g/mol. The van der Waals surface area contributed by atoms with Crippen molar-refractivity contribution >= 4 is 5.96 Å². The van der Waals surface area contributed by atoms with Gasteiger partial charge in [-0.15, -0.1) is 0 Å². The number of rotatable bonds is 7. The molecule has 0 aliphatic heterocycles. The average Bonchev–Trinajstić information content (AvgIpc) is 2.43. The van der Waals surface area contributed by atoms with Gasteiger partial charge in [0.15, 0.2) is 5.96 Å². The number of halogens is 2. The van der Waals surface area contributed by atoms with E-state index >= 15 is 0 Å². The first-order valence-electron chi connectivity index (χ1n) is 7.04. The zero-order valence-electron chi connectivity index (χ0n) is 12.7. The Balaban J connectivity index is 2.59. The summed E-state index contributed by atoms with van der Waals surface area (Å²) in [5, 5.41) is 6.28. The lowest BCUT2D eigenvalue weighted by molar-refractivity contribution is 0.179. The minimum Gasteiger partial charge on any atom is -0.383 e. The number of hydrogen-bond acceptors (Lipinski definition) is 2. The first-order chi connectivity index (χ1) is 10.1. The van der Waals surface area contributed by atoms with E-state index in [2.05, 4.69) is 15.6 Å². The molecule has 118 valence electrons. The Labute approximate surface area is 124 Å². The molecule has 1 unspecified atom stereocenters. The van der Waals surface area contributed by atoms with Gasteiger partial charge in [-0.2, -0.15) is 0 Å². The van der Waals surface area contributed by atoms with E-state index in [0.29, 0.717) is 31.1 Å². The number of nitrogens with zero attached hydrogens (tertiary/aromatic N) is 1. The SMILES string of the molecule is CCNC(=NCCc1cc(F)ccc1F)NC(C)COC. The van der Waals surface area contributed by atoms with Crippen molar-refractivity contribution in [1.29, 1.82) is 0 Å². The molecule has 0 aliphatic carbocycles. The summed E-state index contributed by atoms with van der Waals surface area (Å²) in [5.41, 5.74) is 0.333. The first-order valence-corrected chi connectivity index (χ1v) is 7.04. The maximum Gasteiger partial charge on any atom is 0.191 e. The predicted molar refractivity (Wildman–Crippen MR) is 80.5 cm³/mol. The minimum absolute atomic E-state index is 0.110. The highest BCUT2D eigenvalue weighted by Gasteiger charge is 2.06. The van der Waals surface area contributed by atoms with E-state index in [-0.39, 0.29) is 6.04 Å². The number of nitrogens with one attached hydrogen (secondary N) is 2. The predicted octanol–water partition coefficient (Wildman–Crippen LogP) is 2.10. The van der Waals surface area contributed by atoms with Crippen molar-refractivity contribution in [2.45, 2.75) is 26.3 Å². The summed E-state index contributed by atoms with van der Waals surface area (Å²) >= 11 is 0. The van der Waals surface area contributed by atoms with Crippen LogP contribution in [-0.2, 0) is 11.2 Å². The van der Waals surface area contributed by atoms with Crippen molar-refractivity contribution in [2.75, 3.05) is 26.8 Å². The normalized spacial score (nSPS) is 13.1. The van der Waals surface area contributed by atoms with Crippen LogP contribution < -0.4 is 10.6 Å². The van der Waals surface area contributed by atoms with Crippen LogP contribution in [0.4, 0.5) is 8.78 Å². The molecule has 0 spiro atoms. The highest BCUT2D eigenvalue weighted by Crippen LogP contribution is 2.10. The molecule has 4 nitrogen and oxygen atoms in total. The van der Waals surface area contributed by atoms with Crippen LogP contribution >= 0.6 is 0 Å². The second-order valence-corrected chi connectivity index (χ2v) is 4.75. The molecule has 2 N–H and O–H groups in total. The number of guanidine groups is 1. The van der Waals surface area contributed by atoms with Gasteiger partial charge in [0.05, 0.1) is 6.61 Å². The Hall–Kier alpha value is -1.69. The van der Waals surface area contributed by atoms with Crippen LogP contribution in [0, 0.1) is 11.6 Å². The van der Waals surface area contributed by atoms with Gasteiger partial charge in [0.2, 0.25) is 0 Å². The van der Waals surface area contributed by atoms with E-state index in [1.807, 2.05) is 13.8 Å². The summed E-state index contributed by atoms with van der Waals surface area (Å²) in [6.07, 6.45) is 0.346. The number of aliphatic imine (C=N–C) groups is 1. The van der Waals surface area contributed by atoms with Gasteiger partial charge in [-0.05, 0) is 44.0 Å². The van der Waals surface area contributed by atoms with Gasteiger partial charge in [0.25, 0.3) is 0 Å². The fourth-order valence-corrected chi connectivity index (χ4v) is 1.87. The molecule has 0 aromatic heterocycles. The molecule has 1 rings (SSSR count). The van der Waals surface area contributed by atoms with Gasteiger partial charge in [-0.25, -0.2) is 8.78 Å². The van der Waals surface area contributed by atoms with Crippen molar-refractivity contribution in [3.63, 3.8) is 0 Å². The van der Waals surface area contributed by atoms with Gasteiger partial charge in [-0.1, -0.05) is 0 Å². The standard InChI is InChI=1S/C15H23F2N3O/c1-4-18-15(20-11(2)10-21-3)19-8-7-12-9-13(16)5-6-14(12)17/h5-6,9,11H,4,7-8,10H2,1-3H3,(H2,18,19,20). The maximum absolute atomic E-state index is 13.5. The van der Waals surface area contributed by atoms with Crippen molar-refractivity contribution in [1.82, 2.24) is 10.6 Å². The number of benzene rings is 1. The van der Waals surface area contributed by atoms with Crippen LogP contribution in [0.3, 0.4) is 0 Å². The maximum atomic E-state index is 13.5. The van der Waals surface area contributed by atoms with Crippen LogP contribution in [0.5, 0.6) is 0 Å². The molecule has 0 bridgehead atoms. The lowest BCUT2D eigenvalue weighted by Gasteiger charge is -2.17. The smallest absolute Gasteiger partial charge is 0.191 e. The van der Waals surface area contributed by atoms with E-state index in [1.165, 1.54) is 6.07 Å². The second kappa shape index (κ2) is 9.28. The van der Waals surface area contributed by atoms with Gasteiger partial charge in [0.1, 0.15) is 11.6 Å². The van der Waals surface area contributed by atoms with Crippen LogP contribution in [-0.4, -0.2) is 38.8 Å². The number of hydrogen-bond donors (Lipinski definition) is 2. The first kappa shape index (κ1) is 17.4. The number of ether oxygens (including phenoxy) is 1. The molecule has 0 heterocycles. The molecule has 6 heteroatoms. The third kappa shape index (κ3) is 6.53. The average molecular weight is 299 g/mol. The molecule has 21 heavy (non-hydrogen) atoms. The molecule has 0 aliphatic rings. The Kier molecular flexibility index (Phi) is 7.68. The van der Waals surface area contributed by atoms with Crippen LogP contribution in [0.1, 0.15) is 19.4 Å². The summed E-state index contributed by atoms with van der Waals surface area (Å²) in [6, 6.07) is 3.57. The summed E-state index contributed by atoms with van der Waals surface area (Å²) in [5.74, 6) is -0.203. The molecule has 0 fully saturated rings. The lowest BCUT2D eigenvalue weighted by Crippen LogP contribution is -2.44. The van der Waals surface area contributed by atoms with Crippen molar-refractivity contribution in [3.05, 3.63) is 35.4 Å². The minimum atomic E-state index is -0.436. The largest absolute Gasteiger partial charge is 0.383 e. The van der Waals surface area contributed by atoms with Crippen molar-refractivity contribution < 1.29 is 13.5 Å². The van der Waals surface area contributed by atoms with E-state index < -0.39 is 11.6 Å². The zero-order valence-corrected chi connectivity index (χ0v) is 12.7. The summed E-state index contributed by atoms with van der Waals surface area (Å²) < 4.78 is 31.6. The van der Waals surface area contributed by atoms with Gasteiger partial charge < -0.3 is 15.4 Å². The fourth-order valence-electron chi connectivity index (χ4n) is 1.87. The Morgan fingerprint density at radius 2 is 2.14 bits per heavy atom. The molecule has 0 radical (unpaired) electrons. The molecule has 0 saturated heterocycles. The van der Waals surface area contributed by atoms with Crippen LogP contribution in [0.2, 0.25) is 0 Å². The molecule has 0 saturated carbocycles. The topological polar surface area (TPSA) is 45.7 Å². The van der Waals surface area contributed by atoms with Gasteiger partial charge in [-0.3, -0.25) is 4.99 Å².